The van der Waals surface area contributed by atoms with Crippen molar-refractivity contribution in [1.29, 1.82) is 0 Å². The Kier molecular flexibility index (Phi) is 4.98. The van der Waals surface area contributed by atoms with E-state index in [0.717, 1.165) is 18.6 Å². The molecule has 2 unspecified atom stereocenters. The predicted octanol–water partition coefficient (Wildman–Crippen LogP) is 4.15. The molecule has 1 aliphatic carbocycles. The van der Waals surface area contributed by atoms with Crippen LogP contribution in [0, 0.1) is 11.8 Å². The van der Waals surface area contributed by atoms with E-state index in [-0.39, 0.29) is 11.8 Å². The van der Waals surface area contributed by atoms with Gasteiger partial charge in [0.2, 0.25) is 0 Å². The van der Waals surface area contributed by atoms with E-state index in [4.69, 9.17) is 9.84 Å². The van der Waals surface area contributed by atoms with Crippen LogP contribution in [0.15, 0.2) is 18.2 Å². The number of benzene rings is 1. The smallest absolute Gasteiger partial charge is 0.416 e. The van der Waals surface area contributed by atoms with E-state index >= 15 is 0 Å². The zero-order chi connectivity index (χ0) is 16.3. The number of aliphatic carboxylic acids is 1. The van der Waals surface area contributed by atoms with Crippen LogP contribution in [0.5, 0.6) is 5.75 Å². The number of ether oxygens (including phenoxy) is 1. The minimum atomic E-state index is -4.39. The molecule has 0 radical (unpaired) electrons. The molecule has 0 saturated heterocycles. The quantitative estimate of drug-likeness (QED) is 0.822. The van der Waals surface area contributed by atoms with Crippen molar-refractivity contribution in [2.45, 2.75) is 38.8 Å². The summed E-state index contributed by atoms with van der Waals surface area (Å²) in [4.78, 5) is 10.8. The molecular weight excluding hydrogens is 297 g/mol. The second-order valence-electron chi connectivity index (χ2n) is 5.65. The number of halogens is 3. The van der Waals surface area contributed by atoms with Gasteiger partial charge in [0.25, 0.3) is 0 Å². The molecule has 1 aromatic rings. The van der Waals surface area contributed by atoms with Crippen LogP contribution in [0.2, 0.25) is 0 Å². The molecule has 3 nitrogen and oxygen atoms in total. The molecule has 22 heavy (non-hydrogen) atoms. The highest BCUT2D eigenvalue weighted by atomic mass is 19.4. The molecule has 1 aromatic carbocycles. The summed E-state index contributed by atoms with van der Waals surface area (Å²) >= 11 is 0. The fourth-order valence-electron chi connectivity index (χ4n) is 2.51. The molecule has 0 aliphatic heterocycles. The number of alkyl halides is 3. The number of rotatable bonds is 7. The summed E-state index contributed by atoms with van der Waals surface area (Å²) in [5, 5.41) is 8.87. The zero-order valence-corrected chi connectivity index (χ0v) is 12.3. The van der Waals surface area contributed by atoms with E-state index in [1.807, 2.05) is 6.92 Å². The summed E-state index contributed by atoms with van der Waals surface area (Å²) in [7, 11) is 0. The van der Waals surface area contributed by atoms with Crippen LogP contribution in [0.1, 0.15) is 37.3 Å². The Labute approximate surface area is 127 Å². The minimum Gasteiger partial charge on any atom is -0.493 e. The van der Waals surface area contributed by atoms with Crippen LogP contribution in [-0.2, 0) is 17.4 Å². The van der Waals surface area contributed by atoms with Gasteiger partial charge in [-0.1, -0.05) is 6.92 Å². The van der Waals surface area contributed by atoms with Crippen molar-refractivity contribution in [1.82, 2.24) is 0 Å². The third kappa shape index (κ3) is 4.15. The second-order valence-corrected chi connectivity index (χ2v) is 5.65. The maximum absolute atomic E-state index is 12.8. The standard InChI is InChI=1S/C16H19F3O3/c1-2-7-22-14-6-5-12(16(17,18)19)8-11(14)4-3-10-9-13(10)15(20)21/h5-6,8,10,13H,2-4,7,9H2,1H3,(H,20,21). The van der Waals surface area contributed by atoms with Gasteiger partial charge >= 0.3 is 12.1 Å². The predicted molar refractivity (Wildman–Crippen MR) is 74.8 cm³/mol. The lowest BCUT2D eigenvalue weighted by Crippen LogP contribution is -2.08. The lowest BCUT2D eigenvalue weighted by molar-refractivity contribution is -0.139. The van der Waals surface area contributed by atoms with Gasteiger partial charge in [0.1, 0.15) is 5.75 Å². The molecule has 2 rings (SSSR count). The Morgan fingerprint density at radius 1 is 1.41 bits per heavy atom. The number of aryl methyl sites for hydroxylation is 1. The lowest BCUT2D eigenvalue weighted by Gasteiger charge is -2.14. The van der Waals surface area contributed by atoms with E-state index in [1.54, 1.807) is 0 Å². The second kappa shape index (κ2) is 6.58. The normalized spacial score (nSPS) is 20.7. The highest BCUT2D eigenvalue weighted by Gasteiger charge is 2.42. The largest absolute Gasteiger partial charge is 0.493 e. The van der Waals surface area contributed by atoms with E-state index in [1.165, 1.54) is 6.07 Å². The number of hydrogen-bond donors (Lipinski definition) is 1. The van der Waals surface area contributed by atoms with Gasteiger partial charge in [0.15, 0.2) is 0 Å². The maximum Gasteiger partial charge on any atom is 0.416 e. The summed E-state index contributed by atoms with van der Waals surface area (Å²) in [6.45, 7) is 2.37. The number of carboxylic acids is 1. The van der Waals surface area contributed by atoms with Gasteiger partial charge in [-0.2, -0.15) is 13.2 Å². The maximum atomic E-state index is 12.8. The van der Waals surface area contributed by atoms with Gasteiger partial charge in [-0.3, -0.25) is 4.79 Å². The SMILES string of the molecule is CCCOc1ccc(C(F)(F)F)cc1CCC1CC1C(=O)O. The number of carboxylic acid groups (broad SMARTS) is 1. The molecule has 1 saturated carbocycles. The first-order valence-electron chi connectivity index (χ1n) is 7.38. The molecule has 2 atom stereocenters. The number of hydrogen-bond acceptors (Lipinski definition) is 2. The van der Waals surface area contributed by atoms with Gasteiger partial charge < -0.3 is 9.84 Å². The van der Waals surface area contributed by atoms with E-state index in [2.05, 4.69) is 0 Å². The van der Waals surface area contributed by atoms with Crippen LogP contribution >= 0.6 is 0 Å². The fourth-order valence-corrected chi connectivity index (χ4v) is 2.51. The van der Waals surface area contributed by atoms with Gasteiger partial charge in [-0.15, -0.1) is 0 Å². The van der Waals surface area contributed by atoms with Crippen LogP contribution in [-0.4, -0.2) is 17.7 Å². The number of carbonyl (C=O) groups is 1. The molecule has 0 bridgehead atoms. The van der Waals surface area contributed by atoms with Gasteiger partial charge in [0, 0.05) is 0 Å². The average Bonchev–Trinajstić information content (AvgIpc) is 3.22. The molecule has 0 aromatic heterocycles. The van der Waals surface area contributed by atoms with E-state index in [0.29, 0.717) is 37.2 Å². The van der Waals surface area contributed by atoms with Crippen molar-refractivity contribution >= 4 is 5.97 Å². The first-order chi connectivity index (χ1) is 10.3. The zero-order valence-electron chi connectivity index (χ0n) is 12.3. The molecule has 122 valence electrons. The fraction of sp³-hybridized carbons (Fsp3) is 0.562. The van der Waals surface area contributed by atoms with Crippen molar-refractivity contribution in [3.05, 3.63) is 29.3 Å². The molecule has 6 heteroatoms. The van der Waals surface area contributed by atoms with Crippen molar-refractivity contribution in [3.8, 4) is 5.75 Å². The van der Waals surface area contributed by atoms with Crippen molar-refractivity contribution < 1.29 is 27.8 Å². The molecule has 1 fully saturated rings. The Balaban J connectivity index is 2.09. The highest BCUT2D eigenvalue weighted by molar-refractivity contribution is 5.73. The average molecular weight is 316 g/mol. The summed E-state index contributed by atoms with van der Waals surface area (Å²) in [6.07, 6.45) is -2.04. The van der Waals surface area contributed by atoms with Gasteiger partial charge in [-0.05, 0) is 55.4 Å². The van der Waals surface area contributed by atoms with E-state index < -0.39 is 17.7 Å². The van der Waals surface area contributed by atoms with Crippen molar-refractivity contribution in [3.63, 3.8) is 0 Å². The molecule has 1 N–H and O–H groups in total. The minimum absolute atomic E-state index is 0.0612. The summed E-state index contributed by atoms with van der Waals surface area (Å²) < 4.78 is 43.9. The summed E-state index contributed by atoms with van der Waals surface area (Å²) in [5.41, 5.74) is -0.198. The monoisotopic (exact) mass is 316 g/mol. The van der Waals surface area contributed by atoms with Crippen LogP contribution in [0.3, 0.4) is 0 Å². The third-order valence-corrected chi connectivity index (χ3v) is 3.87. The summed E-state index contributed by atoms with van der Waals surface area (Å²) in [5.74, 6) is -0.643. The Morgan fingerprint density at radius 3 is 2.68 bits per heavy atom. The molecular formula is C16H19F3O3. The van der Waals surface area contributed by atoms with Gasteiger partial charge in [-0.25, -0.2) is 0 Å². The van der Waals surface area contributed by atoms with Crippen LogP contribution < -0.4 is 4.74 Å². The third-order valence-electron chi connectivity index (χ3n) is 3.87. The molecule has 0 heterocycles. The van der Waals surface area contributed by atoms with Crippen molar-refractivity contribution in [2.24, 2.45) is 11.8 Å². The Morgan fingerprint density at radius 2 is 2.14 bits per heavy atom. The van der Waals surface area contributed by atoms with Crippen molar-refractivity contribution in [2.75, 3.05) is 6.61 Å². The van der Waals surface area contributed by atoms with Gasteiger partial charge in [0.05, 0.1) is 18.1 Å². The lowest BCUT2D eigenvalue weighted by atomic mass is 10.0. The molecule has 1 aliphatic rings. The van der Waals surface area contributed by atoms with Crippen LogP contribution in [0.4, 0.5) is 13.2 Å². The van der Waals surface area contributed by atoms with Crippen LogP contribution in [0.25, 0.3) is 0 Å². The Hall–Kier alpha value is -1.72. The highest BCUT2D eigenvalue weighted by Crippen LogP contribution is 2.43. The van der Waals surface area contributed by atoms with E-state index in [9.17, 15) is 18.0 Å². The summed E-state index contributed by atoms with van der Waals surface area (Å²) in [6, 6.07) is 3.49. The first kappa shape index (κ1) is 16.6. The topological polar surface area (TPSA) is 46.5 Å². The Bertz CT molecular complexity index is 540. The molecule has 0 spiro atoms. The molecule has 0 amide bonds. The first-order valence-corrected chi connectivity index (χ1v) is 7.38.